The maximum absolute atomic E-state index is 14.1. The van der Waals surface area contributed by atoms with E-state index in [1.165, 1.54) is 18.2 Å². The molecule has 8 heteroatoms. The number of aryl methyl sites for hydroxylation is 3. The zero-order valence-corrected chi connectivity index (χ0v) is 28.4. The molecule has 4 aromatic rings. The van der Waals surface area contributed by atoms with Crippen LogP contribution in [-0.2, 0) is 20.7 Å². The SMILES string of the molecule is COC(=O)N[C@H](C(=O)Nc1ccccc1CC[C@@H]1CN[C@H](C)[C@@H](C(S)c2ccc(C)c(C)c2)O1)C(c1ccccc1)c1ccccc1. The van der Waals surface area contributed by atoms with Gasteiger partial charge in [0.15, 0.2) is 0 Å². The molecule has 47 heavy (non-hydrogen) atoms. The summed E-state index contributed by atoms with van der Waals surface area (Å²) in [5.74, 6) is -0.785. The fourth-order valence-electron chi connectivity index (χ4n) is 6.25. The van der Waals surface area contributed by atoms with Crippen LogP contribution in [0.2, 0.25) is 0 Å². The van der Waals surface area contributed by atoms with Crippen LogP contribution in [-0.4, -0.2) is 49.9 Å². The third kappa shape index (κ3) is 8.63. The second-order valence-electron chi connectivity index (χ2n) is 12.3. The molecule has 5 rings (SSSR count). The van der Waals surface area contributed by atoms with Crippen molar-refractivity contribution in [1.82, 2.24) is 10.6 Å². The van der Waals surface area contributed by atoms with E-state index in [1.807, 2.05) is 84.9 Å². The maximum Gasteiger partial charge on any atom is 0.407 e. The normalized spacial score (nSPS) is 19.1. The highest BCUT2D eigenvalue weighted by molar-refractivity contribution is 7.80. The largest absolute Gasteiger partial charge is 0.453 e. The van der Waals surface area contributed by atoms with E-state index in [2.05, 4.69) is 54.9 Å². The number of anilines is 1. The van der Waals surface area contributed by atoms with Gasteiger partial charge in [0.1, 0.15) is 6.04 Å². The van der Waals surface area contributed by atoms with Crippen LogP contribution in [0.25, 0.3) is 0 Å². The van der Waals surface area contributed by atoms with Gasteiger partial charge in [-0.15, -0.1) is 0 Å². The van der Waals surface area contributed by atoms with E-state index < -0.39 is 18.1 Å². The summed E-state index contributed by atoms with van der Waals surface area (Å²) in [6.07, 6.45) is 0.671. The second-order valence-corrected chi connectivity index (χ2v) is 12.9. The summed E-state index contributed by atoms with van der Waals surface area (Å²) in [5, 5.41) is 9.52. The molecule has 0 aromatic heterocycles. The smallest absolute Gasteiger partial charge is 0.407 e. The topological polar surface area (TPSA) is 88.7 Å². The van der Waals surface area contributed by atoms with Crippen molar-refractivity contribution in [2.75, 3.05) is 19.0 Å². The fourth-order valence-corrected chi connectivity index (χ4v) is 6.74. The van der Waals surface area contributed by atoms with Gasteiger partial charge >= 0.3 is 6.09 Å². The van der Waals surface area contributed by atoms with Crippen molar-refractivity contribution >= 4 is 30.3 Å². The number of carbonyl (C=O) groups excluding carboxylic acids is 2. The number of ether oxygens (including phenoxy) is 2. The van der Waals surface area contributed by atoms with Gasteiger partial charge in [0.05, 0.1) is 24.6 Å². The zero-order chi connectivity index (χ0) is 33.3. The Balaban J connectivity index is 1.32. The number of rotatable bonds is 11. The number of amides is 2. The molecule has 0 radical (unpaired) electrons. The summed E-state index contributed by atoms with van der Waals surface area (Å²) in [4.78, 5) is 26.7. The first-order chi connectivity index (χ1) is 22.7. The average Bonchev–Trinajstić information content (AvgIpc) is 3.10. The molecule has 7 nitrogen and oxygen atoms in total. The summed E-state index contributed by atoms with van der Waals surface area (Å²) in [5.41, 5.74) is 7.15. The molecule has 2 amide bonds. The lowest BCUT2D eigenvalue weighted by Crippen LogP contribution is -2.52. The minimum atomic E-state index is -0.939. The molecule has 4 aromatic carbocycles. The number of benzene rings is 4. The third-order valence-electron chi connectivity index (χ3n) is 9.10. The van der Waals surface area contributed by atoms with Crippen molar-refractivity contribution in [2.24, 2.45) is 0 Å². The molecule has 0 aliphatic carbocycles. The lowest BCUT2D eigenvalue weighted by Gasteiger charge is -2.39. The molecule has 1 fully saturated rings. The van der Waals surface area contributed by atoms with E-state index >= 15 is 0 Å². The van der Waals surface area contributed by atoms with Crippen LogP contribution in [0.3, 0.4) is 0 Å². The molecule has 0 bridgehead atoms. The quantitative estimate of drug-likeness (QED) is 0.130. The molecule has 246 valence electrons. The molecule has 5 atom stereocenters. The van der Waals surface area contributed by atoms with E-state index in [9.17, 15) is 9.59 Å². The molecule has 1 unspecified atom stereocenters. The standard InChI is InChI=1S/C39H45N3O4S/c1-25-19-20-31(23-26(25)2)37(47)36-27(3)40-24-32(46-36)22-21-28-13-11-12-18-33(28)41-38(43)35(42-39(44)45-4)34(29-14-7-5-8-15-29)30-16-9-6-10-17-30/h5-20,23,27,32,34-37,40,47H,21-22,24H2,1-4H3,(H,41,43)(H,42,44)/t27-,32-,35+,36+,37?/m1/s1. The Morgan fingerprint density at radius 3 is 2.17 bits per heavy atom. The van der Waals surface area contributed by atoms with Crippen LogP contribution < -0.4 is 16.0 Å². The summed E-state index contributed by atoms with van der Waals surface area (Å²) in [6, 6.07) is 32.9. The van der Waals surface area contributed by atoms with Crippen LogP contribution in [0.4, 0.5) is 10.5 Å². The van der Waals surface area contributed by atoms with Crippen LogP contribution in [0.5, 0.6) is 0 Å². The first kappa shape index (κ1) is 34.2. The van der Waals surface area contributed by atoms with Gasteiger partial charge in [-0.2, -0.15) is 12.6 Å². The zero-order valence-electron chi connectivity index (χ0n) is 27.5. The lowest BCUT2D eigenvalue weighted by atomic mass is 9.84. The Hall–Kier alpha value is -4.11. The number of carbonyl (C=O) groups is 2. The Morgan fingerprint density at radius 2 is 1.53 bits per heavy atom. The number of hydrogen-bond donors (Lipinski definition) is 4. The minimum Gasteiger partial charge on any atom is -0.453 e. The predicted octanol–water partition coefficient (Wildman–Crippen LogP) is 7.15. The van der Waals surface area contributed by atoms with E-state index in [-0.39, 0.29) is 29.4 Å². The van der Waals surface area contributed by atoms with Crippen molar-refractivity contribution in [2.45, 2.75) is 69.1 Å². The third-order valence-corrected chi connectivity index (χ3v) is 9.69. The van der Waals surface area contributed by atoms with Gasteiger partial charge in [-0.1, -0.05) is 97.1 Å². The van der Waals surface area contributed by atoms with Crippen LogP contribution >= 0.6 is 12.6 Å². The van der Waals surface area contributed by atoms with Crippen LogP contribution in [0.15, 0.2) is 103 Å². The molecule has 1 aliphatic rings. The predicted molar refractivity (Wildman–Crippen MR) is 191 cm³/mol. The lowest BCUT2D eigenvalue weighted by molar-refractivity contribution is -0.118. The number of morpholine rings is 1. The highest BCUT2D eigenvalue weighted by atomic mass is 32.1. The number of para-hydroxylation sites is 1. The summed E-state index contributed by atoms with van der Waals surface area (Å²) in [6.45, 7) is 7.12. The van der Waals surface area contributed by atoms with Crippen molar-refractivity contribution in [1.29, 1.82) is 0 Å². The van der Waals surface area contributed by atoms with Gasteiger partial charge in [0, 0.05) is 24.2 Å². The van der Waals surface area contributed by atoms with Gasteiger partial charge in [-0.05, 0) is 73.1 Å². The van der Waals surface area contributed by atoms with Crippen molar-refractivity contribution in [3.05, 3.63) is 137 Å². The molecular formula is C39H45N3O4S. The number of hydrogen-bond acceptors (Lipinski definition) is 6. The highest BCUT2D eigenvalue weighted by Gasteiger charge is 2.35. The molecule has 0 saturated carbocycles. The number of nitrogens with one attached hydrogen (secondary N) is 3. The fraction of sp³-hybridized carbons (Fsp3) is 0.333. The minimum absolute atomic E-state index is 0.0181. The summed E-state index contributed by atoms with van der Waals surface area (Å²) >= 11 is 5.00. The molecule has 3 N–H and O–H groups in total. The van der Waals surface area contributed by atoms with Crippen molar-refractivity contribution < 1.29 is 19.1 Å². The summed E-state index contributed by atoms with van der Waals surface area (Å²) < 4.78 is 11.6. The molecule has 1 saturated heterocycles. The van der Waals surface area contributed by atoms with E-state index in [0.717, 1.165) is 35.2 Å². The van der Waals surface area contributed by atoms with Gasteiger partial charge in [0.2, 0.25) is 5.91 Å². The Kier molecular flexibility index (Phi) is 11.7. The van der Waals surface area contributed by atoms with E-state index in [0.29, 0.717) is 12.1 Å². The molecule has 1 heterocycles. The van der Waals surface area contributed by atoms with Gasteiger partial charge in [-0.25, -0.2) is 4.79 Å². The Labute approximate surface area is 283 Å². The Morgan fingerprint density at radius 1 is 0.894 bits per heavy atom. The first-order valence-corrected chi connectivity index (χ1v) is 16.7. The second kappa shape index (κ2) is 16.1. The Bertz CT molecular complexity index is 1590. The van der Waals surface area contributed by atoms with Crippen LogP contribution in [0.1, 0.15) is 57.9 Å². The summed E-state index contributed by atoms with van der Waals surface area (Å²) in [7, 11) is 1.30. The van der Waals surface area contributed by atoms with Gasteiger partial charge < -0.3 is 25.4 Å². The van der Waals surface area contributed by atoms with Crippen LogP contribution in [0, 0.1) is 13.8 Å². The number of methoxy groups -OCH3 is 1. The molecule has 0 spiro atoms. The number of thiol groups is 1. The van der Waals surface area contributed by atoms with Gasteiger partial charge in [-0.3, -0.25) is 4.79 Å². The number of alkyl carbamates (subject to hydrolysis) is 1. The monoisotopic (exact) mass is 651 g/mol. The maximum atomic E-state index is 14.1. The van der Waals surface area contributed by atoms with Gasteiger partial charge in [0.25, 0.3) is 0 Å². The van der Waals surface area contributed by atoms with Crippen molar-refractivity contribution in [3.63, 3.8) is 0 Å². The van der Waals surface area contributed by atoms with Crippen molar-refractivity contribution in [3.8, 4) is 0 Å². The molecular weight excluding hydrogens is 607 g/mol. The molecule has 1 aliphatic heterocycles. The average molecular weight is 652 g/mol. The van der Waals surface area contributed by atoms with E-state index in [1.54, 1.807) is 0 Å². The first-order valence-electron chi connectivity index (χ1n) is 16.2. The highest BCUT2D eigenvalue weighted by Crippen LogP contribution is 2.33. The van der Waals surface area contributed by atoms with E-state index in [4.69, 9.17) is 22.1 Å².